The fourth-order valence-electron chi connectivity index (χ4n) is 3.24. The Morgan fingerprint density at radius 2 is 1.68 bits per heavy atom. The lowest BCUT2D eigenvalue weighted by molar-refractivity contribution is 0.622. The Balaban J connectivity index is 1.62. The Bertz CT molecular complexity index is 1280. The van der Waals surface area contributed by atoms with Crippen LogP contribution in [0.5, 0.6) is 0 Å². The second kappa shape index (κ2) is 6.66. The molecule has 0 atom stereocenters. The number of fused-ring (bicyclic) bond motifs is 1. The predicted molar refractivity (Wildman–Crippen MR) is 105 cm³/mol. The van der Waals surface area contributed by atoms with E-state index in [9.17, 15) is 4.39 Å². The molecule has 0 bridgehead atoms. The highest BCUT2D eigenvalue weighted by Gasteiger charge is 2.12. The SMILES string of the molecule is Fc1cc(-c2cccc3ccccc23)cc(-n2nnc(-c3ccccn3)n2)c1. The molecule has 0 radical (unpaired) electrons. The maximum absolute atomic E-state index is 14.4. The summed E-state index contributed by atoms with van der Waals surface area (Å²) in [6.45, 7) is 0. The number of halogens is 1. The standard InChI is InChI=1S/C22H14FN5/c23-17-12-16(20-9-5-7-15-6-1-2-8-19(15)20)13-18(14-17)28-26-22(25-27-28)21-10-3-4-11-24-21/h1-14H. The zero-order valence-corrected chi connectivity index (χ0v) is 14.7. The summed E-state index contributed by atoms with van der Waals surface area (Å²) >= 11 is 0. The number of aromatic nitrogens is 5. The molecular formula is C22H14FN5. The summed E-state index contributed by atoms with van der Waals surface area (Å²) in [7, 11) is 0. The average Bonchev–Trinajstić information content (AvgIpc) is 3.24. The van der Waals surface area contributed by atoms with E-state index in [0.717, 1.165) is 21.9 Å². The summed E-state index contributed by atoms with van der Waals surface area (Å²) in [4.78, 5) is 5.54. The molecule has 5 aromatic rings. The number of hydrogen-bond donors (Lipinski definition) is 0. The van der Waals surface area contributed by atoms with Gasteiger partial charge in [0.15, 0.2) is 0 Å². The number of pyridine rings is 1. The third kappa shape index (κ3) is 2.91. The second-order valence-corrected chi connectivity index (χ2v) is 6.34. The molecule has 0 saturated heterocycles. The van der Waals surface area contributed by atoms with E-state index in [4.69, 9.17) is 0 Å². The van der Waals surface area contributed by atoms with Gasteiger partial charge < -0.3 is 0 Å². The van der Waals surface area contributed by atoms with Crippen LogP contribution in [0.2, 0.25) is 0 Å². The Hall–Kier alpha value is -3.93. The first-order chi connectivity index (χ1) is 13.8. The quantitative estimate of drug-likeness (QED) is 0.464. The van der Waals surface area contributed by atoms with Crippen molar-refractivity contribution >= 4 is 10.8 Å². The van der Waals surface area contributed by atoms with Crippen LogP contribution in [-0.2, 0) is 0 Å². The molecule has 0 unspecified atom stereocenters. The Morgan fingerprint density at radius 1 is 0.821 bits per heavy atom. The third-order valence-corrected chi connectivity index (χ3v) is 4.52. The summed E-state index contributed by atoms with van der Waals surface area (Å²) in [5.41, 5.74) is 2.81. The van der Waals surface area contributed by atoms with Crippen LogP contribution in [0.25, 0.3) is 39.1 Å². The van der Waals surface area contributed by atoms with Crippen LogP contribution in [0.15, 0.2) is 85.1 Å². The van der Waals surface area contributed by atoms with Crippen LogP contribution < -0.4 is 0 Å². The summed E-state index contributed by atoms with van der Waals surface area (Å²) in [5.74, 6) is 0.0219. The van der Waals surface area contributed by atoms with Crippen molar-refractivity contribution in [1.29, 1.82) is 0 Å². The maximum atomic E-state index is 14.4. The molecule has 0 aliphatic heterocycles. The van der Waals surface area contributed by atoms with Crippen molar-refractivity contribution in [3.63, 3.8) is 0 Å². The number of tetrazole rings is 1. The lowest BCUT2D eigenvalue weighted by atomic mass is 9.98. The molecule has 0 aliphatic rings. The van der Waals surface area contributed by atoms with Gasteiger partial charge in [0.05, 0.1) is 5.69 Å². The summed E-state index contributed by atoms with van der Waals surface area (Å²) in [5, 5.41) is 14.6. The average molecular weight is 367 g/mol. The minimum absolute atomic E-state index is 0.364. The van der Waals surface area contributed by atoms with Gasteiger partial charge in [0.25, 0.3) is 0 Å². The molecule has 134 valence electrons. The molecule has 0 fully saturated rings. The summed E-state index contributed by atoms with van der Waals surface area (Å²) in [6, 6.07) is 24.2. The van der Waals surface area contributed by atoms with Crippen molar-refractivity contribution < 1.29 is 4.39 Å². The van der Waals surface area contributed by atoms with Gasteiger partial charge in [-0.2, -0.15) is 0 Å². The molecule has 0 spiro atoms. The first kappa shape index (κ1) is 16.3. The number of benzene rings is 3. The topological polar surface area (TPSA) is 56.5 Å². The summed E-state index contributed by atoms with van der Waals surface area (Å²) < 4.78 is 14.4. The molecule has 0 aliphatic carbocycles. The highest BCUT2D eigenvalue weighted by molar-refractivity contribution is 5.96. The van der Waals surface area contributed by atoms with Gasteiger partial charge >= 0.3 is 0 Å². The van der Waals surface area contributed by atoms with E-state index >= 15 is 0 Å². The van der Waals surface area contributed by atoms with Crippen molar-refractivity contribution in [3.05, 3.63) is 90.9 Å². The molecule has 0 amide bonds. The van der Waals surface area contributed by atoms with Gasteiger partial charge in [-0.15, -0.1) is 15.0 Å². The van der Waals surface area contributed by atoms with E-state index in [-0.39, 0.29) is 5.82 Å². The van der Waals surface area contributed by atoms with Crippen LogP contribution >= 0.6 is 0 Å². The zero-order valence-electron chi connectivity index (χ0n) is 14.7. The van der Waals surface area contributed by atoms with Crippen molar-refractivity contribution in [2.24, 2.45) is 0 Å². The highest BCUT2D eigenvalue weighted by Crippen LogP contribution is 2.30. The fraction of sp³-hybridized carbons (Fsp3) is 0. The van der Waals surface area contributed by atoms with Gasteiger partial charge in [-0.3, -0.25) is 4.98 Å². The van der Waals surface area contributed by atoms with Gasteiger partial charge in [0, 0.05) is 12.3 Å². The Labute approximate surface area is 160 Å². The number of rotatable bonds is 3. The van der Waals surface area contributed by atoms with Crippen molar-refractivity contribution in [1.82, 2.24) is 25.2 Å². The minimum Gasteiger partial charge on any atom is -0.253 e. The van der Waals surface area contributed by atoms with E-state index in [0.29, 0.717) is 17.2 Å². The van der Waals surface area contributed by atoms with Gasteiger partial charge in [-0.05, 0) is 51.4 Å². The Kier molecular flexibility index (Phi) is 3.87. The van der Waals surface area contributed by atoms with Gasteiger partial charge in [-0.1, -0.05) is 48.5 Å². The normalized spacial score (nSPS) is 11.0. The van der Waals surface area contributed by atoms with Crippen molar-refractivity contribution in [2.45, 2.75) is 0 Å². The third-order valence-electron chi connectivity index (χ3n) is 4.52. The molecule has 5 nitrogen and oxygen atoms in total. The van der Waals surface area contributed by atoms with Crippen LogP contribution in [0, 0.1) is 5.82 Å². The molecule has 3 aromatic carbocycles. The first-order valence-electron chi connectivity index (χ1n) is 8.78. The molecule has 2 heterocycles. The van der Waals surface area contributed by atoms with Gasteiger partial charge in [-0.25, -0.2) is 4.39 Å². The zero-order chi connectivity index (χ0) is 18.9. The Morgan fingerprint density at radius 3 is 2.57 bits per heavy atom. The lowest BCUT2D eigenvalue weighted by Crippen LogP contribution is -2.00. The van der Waals surface area contributed by atoms with E-state index in [1.54, 1.807) is 12.3 Å². The van der Waals surface area contributed by atoms with Gasteiger partial charge in [0.1, 0.15) is 11.5 Å². The summed E-state index contributed by atoms with van der Waals surface area (Å²) in [6.07, 6.45) is 1.66. The molecule has 28 heavy (non-hydrogen) atoms. The predicted octanol–water partition coefficient (Wildman–Crippen LogP) is 4.68. The monoisotopic (exact) mass is 367 g/mol. The molecule has 6 heteroatoms. The van der Waals surface area contributed by atoms with Crippen LogP contribution in [0.3, 0.4) is 0 Å². The van der Waals surface area contributed by atoms with Crippen molar-refractivity contribution in [3.8, 4) is 28.3 Å². The second-order valence-electron chi connectivity index (χ2n) is 6.34. The molecule has 0 saturated carbocycles. The molecule has 5 rings (SSSR count). The van der Waals surface area contributed by atoms with E-state index in [2.05, 4.69) is 20.4 Å². The van der Waals surface area contributed by atoms with Crippen molar-refractivity contribution in [2.75, 3.05) is 0 Å². The van der Waals surface area contributed by atoms with Crippen LogP contribution in [0.1, 0.15) is 0 Å². The highest BCUT2D eigenvalue weighted by atomic mass is 19.1. The van der Waals surface area contributed by atoms with Crippen LogP contribution in [0.4, 0.5) is 4.39 Å². The smallest absolute Gasteiger partial charge is 0.223 e. The van der Waals surface area contributed by atoms with E-state index in [1.165, 1.54) is 16.9 Å². The lowest BCUT2D eigenvalue weighted by Gasteiger charge is -2.09. The molecule has 2 aromatic heterocycles. The molecule has 0 N–H and O–H groups in total. The van der Waals surface area contributed by atoms with Gasteiger partial charge in [0.2, 0.25) is 5.82 Å². The maximum Gasteiger partial charge on any atom is 0.223 e. The number of hydrogen-bond acceptors (Lipinski definition) is 4. The fourth-order valence-corrected chi connectivity index (χ4v) is 3.24. The number of nitrogens with zero attached hydrogens (tertiary/aromatic N) is 5. The van der Waals surface area contributed by atoms with E-state index in [1.807, 2.05) is 60.7 Å². The molecular weight excluding hydrogens is 353 g/mol. The first-order valence-corrected chi connectivity index (χ1v) is 8.78. The largest absolute Gasteiger partial charge is 0.253 e. The van der Waals surface area contributed by atoms with E-state index < -0.39 is 0 Å². The minimum atomic E-state index is -0.364. The van der Waals surface area contributed by atoms with Crippen LogP contribution in [-0.4, -0.2) is 25.2 Å².